The minimum Gasteiger partial charge on any atom is -0.457 e. The van der Waals surface area contributed by atoms with Gasteiger partial charge < -0.3 is 116 Å². The molecule has 45 heteroatoms. The number of rotatable bonds is 31. The molecule has 9 saturated heterocycles. The molecule has 0 saturated carbocycles. The number of carbonyl (C=O) groups is 3. The minimum atomic E-state index is -1.16. The lowest BCUT2D eigenvalue weighted by atomic mass is 9.84. The minimum absolute atomic E-state index is 0.0191. The van der Waals surface area contributed by atoms with Gasteiger partial charge >= 0.3 is 18.2 Å². The maximum Gasteiger partial charge on any atom is 0.508 e. The van der Waals surface area contributed by atoms with E-state index in [1.165, 1.54) is 4.90 Å². The van der Waals surface area contributed by atoms with E-state index in [2.05, 4.69) is 29.0 Å². The number of amides is 1. The lowest BCUT2D eigenvalue weighted by molar-refractivity contribution is -0.790. The summed E-state index contributed by atoms with van der Waals surface area (Å²) < 4.78 is 69.2. The van der Waals surface area contributed by atoms with Crippen molar-refractivity contribution in [2.75, 3.05) is 99.0 Å². The molecule has 45 nitrogen and oxygen atoms in total. The van der Waals surface area contributed by atoms with E-state index >= 15 is 0 Å². The molecule has 0 aromatic heterocycles. The van der Waals surface area contributed by atoms with Crippen LogP contribution in [0.5, 0.6) is 0 Å². The fourth-order valence-electron chi connectivity index (χ4n) is 11.1. The molecule has 9 aliphatic heterocycles. The summed E-state index contributed by atoms with van der Waals surface area (Å²) in [6, 6.07) is 0. The Morgan fingerprint density at radius 3 is 1.41 bits per heavy atom. The zero-order valence-electron chi connectivity index (χ0n) is 50.7. The van der Waals surface area contributed by atoms with E-state index in [9.17, 15) is 95.5 Å². The van der Waals surface area contributed by atoms with Crippen LogP contribution in [0, 0.1) is 66.1 Å². The maximum atomic E-state index is 12.1. The molecule has 9 fully saturated rings. The molecule has 0 aromatic carbocycles. The smallest absolute Gasteiger partial charge is 0.457 e. The zero-order chi connectivity index (χ0) is 68.6. The molecule has 4 N–H and O–H groups in total. The van der Waals surface area contributed by atoms with E-state index in [0.29, 0.717) is 45.2 Å². The topological polar surface area (TPSA) is 570 Å². The summed E-state index contributed by atoms with van der Waals surface area (Å²) in [5.74, 6) is -0.357. The van der Waals surface area contributed by atoms with Crippen LogP contribution in [0.1, 0.15) is 71.6 Å². The number of piperidine rings is 1. The third-order valence-corrected chi connectivity index (χ3v) is 15.6. The molecule has 9 rings (SSSR count). The normalized spacial score (nSPS) is 30.9. The summed E-state index contributed by atoms with van der Waals surface area (Å²) >= 11 is 0. The van der Waals surface area contributed by atoms with E-state index in [1.54, 1.807) is 13.8 Å². The third kappa shape index (κ3) is 24.5. The molecular weight excluding hydrogens is 1290 g/mol. The molecule has 18 atom stereocenters. The number of ether oxygens (including phenoxy) is 13. The second-order valence-electron chi connectivity index (χ2n) is 23.0. The van der Waals surface area contributed by atoms with Crippen molar-refractivity contribution in [3.8, 4) is 0 Å². The van der Waals surface area contributed by atoms with Crippen molar-refractivity contribution in [3.63, 3.8) is 0 Å². The number of likely N-dealkylation sites (tertiary alicyclic amines) is 1. The standard InChI is InChI=1S/C15H24N2O12.C12H18N2O8.C12H19NO8.C10H16N2O10/c1-15(2,5-9(29-17(22)23)6-27-16(20)21)3-4-24-14(19)28-11-8-26-12-10(18)7-25-13(11)12;15-8-5-19-11-9(6-20-10(8)11)21-12(16)13-3-1-7(2-4-13)22-14(17)18;14-8-6-18-12-9(7-19-11(8)12)21-10(15)4-2-1-3-5-20-13(16)17;13-7-4-19-10-8(5-20-9(7)10)18-2-1-6(22-12(16)17)3-21-11(14)15/h9-13,18H,3-8H2,1-2H3;7-11,15H,1-6H2;8-9,11-12,14H,1-7H2;6-10,13H,1-5H2/t9?,10-,11-,12-,13-;8-,9-,10-,11-;8-,9-,11-,12-;6?,7-,8-,9-,10-/m1111/s1. The molecule has 0 aliphatic carbocycles. The molecule has 9 heterocycles. The number of nitrogens with zero attached hydrogens (tertiary/aromatic N) is 7. The Morgan fingerprint density at radius 2 is 0.936 bits per heavy atom. The Morgan fingerprint density at radius 1 is 0.500 bits per heavy atom. The number of fused-ring (bicyclic) bond motifs is 4. The number of hydrogen-bond donors (Lipinski definition) is 4. The second-order valence-corrected chi connectivity index (χ2v) is 23.0. The zero-order valence-corrected chi connectivity index (χ0v) is 50.7. The predicted octanol–water partition coefficient (Wildman–Crippen LogP) is -1.89. The van der Waals surface area contributed by atoms with Crippen LogP contribution in [0.25, 0.3) is 0 Å². The maximum absolute atomic E-state index is 12.1. The van der Waals surface area contributed by atoms with Crippen molar-refractivity contribution in [1.82, 2.24) is 4.90 Å². The SMILES string of the molecule is CC(C)(CCOC(=O)O[C@@H]1CO[C@H]2[C@@H]1OC[C@H]2O)CC(CO[N+](=O)[O-])O[N+](=O)[O-].O=C(CCCCCO[N+](=O)[O-])O[C@@H]1CO[C@H]2[C@@H]1OC[C@H]2O.O=C(O[C@@H]1CO[C@H]2[C@@H]1OC[C@H]2O)N1CCC(O[N+](=O)[O-])CC1.O=[N+]([O-])OCC(CCO[C@@H]1CO[C@H]2[C@@H]1OC[C@H]2O)O[N+](=O)[O-]. The van der Waals surface area contributed by atoms with Gasteiger partial charge in [-0.2, -0.15) is 0 Å². The Balaban J connectivity index is 0.000000200. The molecule has 1 amide bonds. The van der Waals surface area contributed by atoms with Crippen LogP contribution >= 0.6 is 0 Å². The molecule has 0 aromatic rings. The Bertz CT molecular complexity index is 2470. The molecule has 2 unspecified atom stereocenters. The number of aliphatic hydroxyl groups is 4. The van der Waals surface area contributed by atoms with E-state index in [-0.39, 0.29) is 110 Å². The second kappa shape index (κ2) is 37.1. The highest BCUT2D eigenvalue weighted by Crippen LogP contribution is 2.34. The summed E-state index contributed by atoms with van der Waals surface area (Å²) in [7, 11) is 0. The van der Waals surface area contributed by atoms with Crippen molar-refractivity contribution in [1.29, 1.82) is 0 Å². The van der Waals surface area contributed by atoms with Crippen LogP contribution in [0.4, 0.5) is 9.59 Å². The Kier molecular flexibility index (Phi) is 29.9. The van der Waals surface area contributed by atoms with Gasteiger partial charge in [0.15, 0.2) is 18.3 Å². The first-order valence-electron chi connectivity index (χ1n) is 29.7. The van der Waals surface area contributed by atoms with Crippen LogP contribution in [-0.4, -0.2) is 289 Å². The summed E-state index contributed by atoms with van der Waals surface area (Å²) in [6.07, 6.45) is -9.63. The molecule has 0 spiro atoms. The van der Waals surface area contributed by atoms with Crippen LogP contribution in [0.15, 0.2) is 0 Å². The van der Waals surface area contributed by atoms with Gasteiger partial charge in [0, 0.05) is 26.1 Å². The summed E-state index contributed by atoms with van der Waals surface area (Å²) in [5, 5.41) is 94.0. The average Bonchev–Trinajstić information content (AvgIpc) is 1.69. The summed E-state index contributed by atoms with van der Waals surface area (Å²) in [6.45, 7) is 4.36. The average molecular weight is 1370 g/mol. The highest BCUT2D eigenvalue weighted by molar-refractivity contribution is 5.69. The Hall–Kier alpha value is -7.31. The number of aliphatic hydroxyl groups excluding tert-OH is 4. The number of carbonyl (C=O) groups excluding carboxylic acids is 3. The van der Waals surface area contributed by atoms with Crippen LogP contribution < -0.4 is 0 Å². The van der Waals surface area contributed by atoms with Gasteiger partial charge in [-0.15, -0.1) is 60.7 Å². The molecule has 0 radical (unpaired) electrons. The quantitative estimate of drug-likeness (QED) is 0.0194. The van der Waals surface area contributed by atoms with E-state index in [4.69, 9.17) is 61.6 Å². The molecule has 0 bridgehead atoms. The van der Waals surface area contributed by atoms with Crippen LogP contribution in [0.2, 0.25) is 0 Å². The summed E-state index contributed by atoms with van der Waals surface area (Å²) in [4.78, 5) is 124. The highest BCUT2D eigenvalue weighted by atomic mass is 17.0. The first-order valence-corrected chi connectivity index (χ1v) is 29.7. The highest BCUT2D eigenvalue weighted by Gasteiger charge is 2.52. The van der Waals surface area contributed by atoms with Gasteiger partial charge in [0.1, 0.15) is 111 Å². The van der Waals surface area contributed by atoms with E-state index < -0.39 is 171 Å². The van der Waals surface area contributed by atoms with Gasteiger partial charge in [-0.1, -0.05) is 20.3 Å². The van der Waals surface area contributed by atoms with Gasteiger partial charge in [0.05, 0.1) is 66.1 Å². The van der Waals surface area contributed by atoms with E-state index in [0.717, 1.165) is 0 Å². The first kappa shape index (κ1) is 75.7. The van der Waals surface area contributed by atoms with E-state index in [1.807, 2.05) is 0 Å². The van der Waals surface area contributed by atoms with Crippen molar-refractivity contribution in [2.24, 2.45) is 5.41 Å². The summed E-state index contributed by atoms with van der Waals surface area (Å²) in [5.41, 5.74) is -0.624. The fraction of sp³-hybridized carbons (Fsp3) is 0.939. The van der Waals surface area contributed by atoms with Gasteiger partial charge in [-0.3, -0.25) is 4.79 Å². The number of hydrogen-bond acceptors (Lipinski definition) is 38. The molecule has 536 valence electrons. The van der Waals surface area contributed by atoms with Gasteiger partial charge in [0.2, 0.25) is 0 Å². The lowest BCUT2D eigenvalue weighted by Crippen LogP contribution is -2.44. The molecule has 9 aliphatic rings. The fourth-order valence-corrected chi connectivity index (χ4v) is 11.1. The van der Waals surface area contributed by atoms with Crippen molar-refractivity contribution < 1.29 is 156 Å². The van der Waals surface area contributed by atoms with Crippen LogP contribution in [0.3, 0.4) is 0 Å². The number of esters is 1. The third-order valence-electron chi connectivity index (χ3n) is 15.6. The van der Waals surface area contributed by atoms with Gasteiger partial charge in [-0.05, 0) is 50.4 Å². The van der Waals surface area contributed by atoms with Crippen LogP contribution in [-0.2, 0) is 95.4 Å². The number of unbranched alkanes of at least 4 members (excludes halogenated alkanes) is 2. The van der Waals surface area contributed by atoms with Crippen molar-refractivity contribution in [3.05, 3.63) is 60.7 Å². The van der Waals surface area contributed by atoms with Gasteiger partial charge in [-0.25, -0.2) is 9.59 Å². The largest absolute Gasteiger partial charge is 0.508 e. The van der Waals surface area contributed by atoms with Gasteiger partial charge in [0.25, 0.3) is 30.5 Å². The molecular formula is C49H77N7O38. The van der Waals surface area contributed by atoms with Crippen molar-refractivity contribution in [2.45, 2.75) is 188 Å². The first-order chi connectivity index (χ1) is 44.7. The predicted molar refractivity (Wildman–Crippen MR) is 289 cm³/mol. The monoisotopic (exact) mass is 1370 g/mol. The lowest BCUT2D eigenvalue weighted by Gasteiger charge is -2.31. The van der Waals surface area contributed by atoms with Crippen molar-refractivity contribution >= 4 is 18.2 Å². The molecule has 94 heavy (non-hydrogen) atoms. The Labute approximate surface area is 530 Å².